The average molecular weight is 196 g/mol. The molecule has 80 valence electrons. The molecule has 2 nitrogen and oxygen atoms in total. The van der Waals surface area contributed by atoms with Crippen LogP contribution in [0.15, 0.2) is 11.6 Å². The van der Waals surface area contributed by atoms with Crippen LogP contribution in [-0.2, 0) is 9.53 Å². The second kappa shape index (κ2) is 4.74. The second-order valence-electron chi connectivity index (χ2n) is 4.21. The quantitative estimate of drug-likeness (QED) is 0.691. The summed E-state index contributed by atoms with van der Waals surface area (Å²) in [6, 6.07) is 0. The highest BCUT2D eigenvalue weighted by atomic mass is 16.5. The lowest BCUT2D eigenvalue weighted by molar-refractivity contribution is -0.118. The van der Waals surface area contributed by atoms with Crippen molar-refractivity contribution >= 4 is 5.78 Å². The fraction of sp³-hybridized carbons (Fsp3) is 0.750. The van der Waals surface area contributed by atoms with Crippen LogP contribution in [0.4, 0.5) is 0 Å². The van der Waals surface area contributed by atoms with Gasteiger partial charge < -0.3 is 4.74 Å². The van der Waals surface area contributed by atoms with Crippen LogP contribution >= 0.6 is 0 Å². The minimum absolute atomic E-state index is 0.211. The molecule has 0 N–H and O–H groups in total. The molecular weight excluding hydrogens is 176 g/mol. The Morgan fingerprint density at radius 2 is 2.29 bits per heavy atom. The Morgan fingerprint density at radius 3 is 2.86 bits per heavy atom. The molecule has 14 heavy (non-hydrogen) atoms. The zero-order valence-corrected chi connectivity index (χ0v) is 9.43. The van der Waals surface area contributed by atoms with Crippen LogP contribution in [0.5, 0.6) is 0 Å². The van der Waals surface area contributed by atoms with Crippen molar-refractivity contribution in [2.45, 2.75) is 51.6 Å². The van der Waals surface area contributed by atoms with E-state index in [0.717, 1.165) is 31.3 Å². The molecule has 0 aliphatic heterocycles. The standard InChI is InChI=1S/C12H20O2/c1-4-5-6-10-9-12(2,14-3)8-7-11(10)13/h9H,4-8H2,1-3H3. The molecule has 1 rings (SSSR count). The van der Waals surface area contributed by atoms with E-state index in [0.29, 0.717) is 12.2 Å². The second-order valence-corrected chi connectivity index (χ2v) is 4.21. The molecule has 0 bridgehead atoms. The summed E-state index contributed by atoms with van der Waals surface area (Å²) in [6.07, 6.45) is 6.62. The highest BCUT2D eigenvalue weighted by Gasteiger charge is 2.28. The highest BCUT2D eigenvalue weighted by molar-refractivity contribution is 5.96. The summed E-state index contributed by atoms with van der Waals surface area (Å²) >= 11 is 0. The Labute approximate surface area is 86.3 Å². The Kier molecular flexibility index (Phi) is 3.87. The molecule has 0 aromatic heterocycles. The van der Waals surface area contributed by atoms with Gasteiger partial charge in [-0.25, -0.2) is 0 Å². The van der Waals surface area contributed by atoms with E-state index in [1.54, 1.807) is 7.11 Å². The molecule has 1 aliphatic rings. The SMILES string of the molecule is CCCCC1=CC(C)(OC)CCC1=O. The lowest BCUT2D eigenvalue weighted by atomic mass is 9.85. The van der Waals surface area contributed by atoms with Gasteiger partial charge in [0.2, 0.25) is 0 Å². The molecule has 0 radical (unpaired) electrons. The van der Waals surface area contributed by atoms with Crippen LogP contribution in [0.2, 0.25) is 0 Å². The molecule has 0 heterocycles. The minimum Gasteiger partial charge on any atom is -0.374 e. The summed E-state index contributed by atoms with van der Waals surface area (Å²) in [4.78, 5) is 11.6. The van der Waals surface area contributed by atoms with Gasteiger partial charge in [-0.05, 0) is 37.8 Å². The van der Waals surface area contributed by atoms with Crippen LogP contribution in [0.1, 0.15) is 46.0 Å². The summed E-state index contributed by atoms with van der Waals surface area (Å²) in [7, 11) is 1.71. The number of ether oxygens (including phenoxy) is 1. The van der Waals surface area contributed by atoms with Crippen molar-refractivity contribution in [1.29, 1.82) is 0 Å². The van der Waals surface area contributed by atoms with Gasteiger partial charge in [0.1, 0.15) is 0 Å². The first-order chi connectivity index (χ1) is 6.61. The van der Waals surface area contributed by atoms with E-state index >= 15 is 0 Å². The topological polar surface area (TPSA) is 26.3 Å². The number of rotatable bonds is 4. The largest absolute Gasteiger partial charge is 0.374 e. The van der Waals surface area contributed by atoms with Crippen molar-refractivity contribution in [2.24, 2.45) is 0 Å². The van der Waals surface area contributed by atoms with E-state index in [2.05, 4.69) is 6.92 Å². The fourth-order valence-electron chi connectivity index (χ4n) is 1.78. The van der Waals surface area contributed by atoms with E-state index in [1.165, 1.54) is 0 Å². The van der Waals surface area contributed by atoms with Crippen LogP contribution < -0.4 is 0 Å². The van der Waals surface area contributed by atoms with Crippen LogP contribution in [0.3, 0.4) is 0 Å². The zero-order valence-electron chi connectivity index (χ0n) is 9.43. The molecule has 0 amide bonds. The molecule has 0 spiro atoms. The summed E-state index contributed by atoms with van der Waals surface area (Å²) in [6.45, 7) is 4.19. The number of Topliss-reactive ketones (excluding diaryl/α,β-unsaturated/α-hetero) is 1. The van der Waals surface area contributed by atoms with E-state index in [1.807, 2.05) is 13.0 Å². The van der Waals surface area contributed by atoms with Gasteiger partial charge in [-0.3, -0.25) is 4.79 Å². The van der Waals surface area contributed by atoms with E-state index in [-0.39, 0.29) is 5.60 Å². The van der Waals surface area contributed by atoms with Gasteiger partial charge in [-0.2, -0.15) is 0 Å². The van der Waals surface area contributed by atoms with Crippen molar-refractivity contribution in [3.8, 4) is 0 Å². The summed E-state index contributed by atoms with van der Waals surface area (Å²) in [5.74, 6) is 0.313. The third-order valence-electron chi connectivity index (χ3n) is 2.95. The maximum absolute atomic E-state index is 11.6. The van der Waals surface area contributed by atoms with Gasteiger partial charge in [-0.15, -0.1) is 0 Å². The van der Waals surface area contributed by atoms with E-state index in [4.69, 9.17) is 4.74 Å². The van der Waals surface area contributed by atoms with Crippen LogP contribution in [-0.4, -0.2) is 18.5 Å². The lowest BCUT2D eigenvalue weighted by Gasteiger charge is -2.29. The predicted molar refractivity (Wildman–Crippen MR) is 57.3 cm³/mol. The first-order valence-electron chi connectivity index (χ1n) is 5.41. The third kappa shape index (κ3) is 2.68. The number of carbonyl (C=O) groups is 1. The number of hydrogen-bond donors (Lipinski definition) is 0. The number of methoxy groups -OCH3 is 1. The highest BCUT2D eigenvalue weighted by Crippen LogP contribution is 2.29. The van der Waals surface area contributed by atoms with Gasteiger partial charge >= 0.3 is 0 Å². The minimum atomic E-state index is -0.211. The first kappa shape index (κ1) is 11.4. The molecule has 0 saturated heterocycles. The number of unbranched alkanes of at least 4 members (excludes halogenated alkanes) is 1. The molecule has 0 fully saturated rings. The summed E-state index contributed by atoms with van der Waals surface area (Å²) in [5, 5.41) is 0. The maximum atomic E-state index is 11.6. The van der Waals surface area contributed by atoms with Crippen LogP contribution in [0.25, 0.3) is 0 Å². The van der Waals surface area contributed by atoms with Crippen molar-refractivity contribution in [2.75, 3.05) is 7.11 Å². The Morgan fingerprint density at radius 1 is 1.57 bits per heavy atom. The molecular formula is C12H20O2. The van der Waals surface area contributed by atoms with E-state index in [9.17, 15) is 4.79 Å². The number of allylic oxidation sites excluding steroid dienone is 1. The van der Waals surface area contributed by atoms with Gasteiger partial charge in [0, 0.05) is 13.5 Å². The molecule has 1 aliphatic carbocycles. The van der Waals surface area contributed by atoms with Crippen molar-refractivity contribution in [3.05, 3.63) is 11.6 Å². The maximum Gasteiger partial charge on any atom is 0.158 e. The smallest absolute Gasteiger partial charge is 0.158 e. The Balaban J connectivity index is 2.72. The molecule has 2 heteroatoms. The first-order valence-corrected chi connectivity index (χ1v) is 5.41. The number of hydrogen-bond acceptors (Lipinski definition) is 2. The molecule has 0 aromatic carbocycles. The predicted octanol–water partition coefficient (Wildman–Crippen LogP) is 2.87. The summed E-state index contributed by atoms with van der Waals surface area (Å²) < 4.78 is 5.41. The molecule has 1 atom stereocenters. The molecule has 0 saturated carbocycles. The monoisotopic (exact) mass is 196 g/mol. The normalized spacial score (nSPS) is 27.6. The van der Waals surface area contributed by atoms with Crippen molar-refractivity contribution < 1.29 is 9.53 Å². The Hall–Kier alpha value is -0.630. The number of carbonyl (C=O) groups excluding carboxylic acids is 1. The summed E-state index contributed by atoms with van der Waals surface area (Å²) in [5.41, 5.74) is 0.763. The van der Waals surface area contributed by atoms with Crippen LogP contribution in [0, 0.1) is 0 Å². The van der Waals surface area contributed by atoms with E-state index < -0.39 is 0 Å². The Bertz CT molecular complexity index is 243. The van der Waals surface area contributed by atoms with Gasteiger partial charge in [0.05, 0.1) is 5.60 Å². The van der Waals surface area contributed by atoms with Gasteiger partial charge in [0.25, 0.3) is 0 Å². The molecule has 0 aromatic rings. The fourth-order valence-corrected chi connectivity index (χ4v) is 1.78. The van der Waals surface area contributed by atoms with Crippen molar-refractivity contribution in [3.63, 3.8) is 0 Å². The molecule has 1 unspecified atom stereocenters. The zero-order chi connectivity index (χ0) is 10.6. The average Bonchev–Trinajstić information content (AvgIpc) is 2.20. The van der Waals surface area contributed by atoms with Gasteiger partial charge in [-0.1, -0.05) is 13.3 Å². The number of ketones is 1. The lowest BCUT2D eigenvalue weighted by Crippen LogP contribution is -2.30. The third-order valence-corrected chi connectivity index (χ3v) is 2.95. The van der Waals surface area contributed by atoms with Crippen molar-refractivity contribution in [1.82, 2.24) is 0 Å². The van der Waals surface area contributed by atoms with Gasteiger partial charge in [0.15, 0.2) is 5.78 Å².